The molecule has 2 heterocycles. The number of carbonyl (C=O) groups excluding carboxylic acids is 3. The maximum Gasteiger partial charge on any atom is 0.287 e. The molecule has 8 heteroatoms. The van der Waals surface area contributed by atoms with Crippen LogP contribution in [0.3, 0.4) is 0 Å². The predicted octanol–water partition coefficient (Wildman–Crippen LogP) is 3.55. The van der Waals surface area contributed by atoms with E-state index in [9.17, 15) is 14.4 Å². The van der Waals surface area contributed by atoms with Gasteiger partial charge < -0.3 is 15.1 Å². The number of amides is 3. The minimum absolute atomic E-state index is 0.0866. The Labute approximate surface area is 198 Å². The second kappa shape index (κ2) is 10.8. The third kappa shape index (κ3) is 5.33. The van der Waals surface area contributed by atoms with Gasteiger partial charge in [-0.25, -0.2) is 0 Å². The number of aromatic nitrogens is 1. The largest absolute Gasteiger partial charge is 0.459 e. The van der Waals surface area contributed by atoms with Gasteiger partial charge in [0.05, 0.1) is 24.7 Å². The molecular formula is C26H28N4O4. The quantitative estimate of drug-likeness (QED) is 0.535. The van der Waals surface area contributed by atoms with Crippen LogP contribution in [-0.2, 0) is 9.59 Å². The molecule has 1 aromatic carbocycles. The fourth-order valence-electron chi connectivity index (χ4n) is 4.31. The van der Waals surface area contributed by atoms with Gasteiger partial charge in [0.1, 0.15) is 6.04 Å². The van der Waals surface area contributed by atoms with Crippen LogP contribution in [0, 0.1) is 6.92 Å². The lowest BCUT2D eigenvalue weighted by Gasteiger charge is -2.33. The Morgan fingerprint density at radius 1 is 1.09 bits per heavy atom. The summed E-state index contributed by atoms with van der Waals surface area (Å²) in [5.74, 6) is -1.10. The summed E-state index contributed by atoms with van der Waals surface area (Å²) in [4.78, 5) is 45.2. The maximum absolute atomic E-state index is 13.7. The molecule has 2 aromatic heterocycles. The SMILES string of the molecule is Cc1ccccc1[C@H](C(=O)NC1CCCC1)N(C(=O)CNC(=O)c1ccco1)c1cccnc1. The number of pyridine rings is 1. The highest BCUT2D eigenvalue weighted by atomic mass is 16.3. The van der Waals surface area contributed by atoms with Gasteiger partial charge in [0.15, 0.2) is 5.76 Å². The molecule has 3 aromatic rings. The average molecular weight is 461 g/mol. The van der Waals surface area contributed by atoms with Gasteiger partial charge in [0, 0.05) is 12.2 Å². The Morgan fingerprint density at radius 2 is 1.88 bits per heavy atom. The van der Waals surface area contributed by atoms with Gasteiger partial charge in [-0.15, -0.1) is 0 Å². The lowest BCUT2D eigenvalue weighted by molar-refractivity contribution is -0.126. The van der Waals surface area contributed by atoms with E-state index in [0.29, 0.717) is 11.3 Å². The molecule has 1 aliphatic carbocycles. The van der Waals surface area contributed by atoms with E-state index in [4.69, 9.17) is 4.42 Å². The number of nitrogens with zero attached hydrogens (tertiary/aromatic N) is 2. The fraction of sp³-hybridized carbons (Fsp3) is 0.308. The zero-order valence-corrected chi connectivity index (χ0v) is 19.1. The minimum Gasteiger partial charge on any atom is -0.459 e. The van der Waals surface area contributed by atoms with Crippen LogP contribution in [0.15, 0.2) is 71.6 Å². The molecule has 0 unspecified atom stereocenters. The predicted molar refractivity (Wildman–Crippen MR) is 127 cm³/mol. The summed E-state index contributed by atoms with van der Waals surface area (Å²) in [7, 11) is 0. The third-order valence-corrected chi connectivity index (χ3v) is 6.03. The zero-order chi connectivity index (χ0) is 23.9. The lowest BCUT2D eigenvalue weighted by Crippen LogP contribution is -2.49. The van der Waals surface area contributed by atoms with E-state index in [0.717, 1.165) is 31.2 Å². The third-order valence-electron chi connectivity index (χ3n) is 6.03. The summed E-state index contributed by atoms with van der Waals surface area (Å²) in [6.07, 6.45) is 8.53. The van der Waals surface area contributed by atoms with Crippen molar-refractivity contribution in [3.63, 3.8) is 0 Å². The summed E-state index contributed by atoms with van der Waals surface area (Å²) >= 11 is 0. The van der Waals surface area contributed by atoms with Crippen molar-refractivity contribution < 1.29 is 18.8 Å². The van der Waals surface area contributed by atoms with E-state index in [-0.39, 0.29) is 24.3 Å². The average Bonchev–Trinajstić information content (AvgIpc) is 3.56. The molecule has 1 aliphatic rings. The van der Waals surface area contributed by atoms with Gasteiger partial charge >= 0.3 is 0 Å². The van der Waals surface area contributed by atoms with Crippen molar-refractivity contribution in [3.05, 3.63) is 84.1 Å². The van der Waals surface area contributed by atoms with Crippen LogP contribution >= 0.6 is 0 Å². The number of hydrogen-bond donors (Lipinski definition) is 2. The summed E-state index contributed by atoms with van der Waals surface area (Å²) in [5.41, 5.74) is 2.07. The minimum atomic E-state index is -0.918. The highest BCUT2D eigenvalue weighted by molar-refractivity contribution is 6.04. The highest BCUT2D eigenvalue weighted by Crippen LogP contribution is 2.30. The number of aryl methyl sites for hydroxylation is 1. The van der Waals surface area contributed by atoms with Crippen molar-refractivity contribution in [2.75, 3.05) is 11.4 Å². The number of hydrogen-bond acceptors (Lipinski definition) is 5. The fourth-order valence-corrected chi connectivity index (χ4v) is 4.31. The zero-order valence-electron chi connectivity index (χ0n) is 19.1. The van der Waals surface area contributed by atoms with Crippen LogP contribution in [0.4, 0.5) is 5.69 Å². The van der Waals surface area contributed by atoms with Crippen LogP contribution < -0.4 is 15.5 Å². The Bertz CT molecular complexity index is 1120. The molecule has 34 heavy (non-hydrogen) atoms. The van der Waals surface area contributed by atoms with Gasteiger partial charge in [-0.1, -0.05) is 37.1 Å². The summed E-state index contributed by atoms with van der Waals surface area (Å²) < 4.78 is 5.11. The van der Waals surface area contributed by atoms with Crippen LogP contribution in [0.5, 0.6) is 0 Å². The monoisotopic (exact) mass is 460 g/mol. The summed E-state index contributed by atoms with van der Waals surface area (Å²) in [6, 6.07) is 13.2. The van der Waals surface area contributed by atoms with Crippen LogP contribution in [0.1, 0.15) is 53.4 Å². The topological polar surface area (TPSA) is 105 Å². The molecule has 0 aliphatic heterocycles. The molecule has 1 fully saturated rings. The van der Waals surface area contributed by atoms with Crippen molar-refractivity contribution in [2.24, 2.45) is 0 Å². The molecule has 3 amide bonds. The van der Waals surface area contributed by atoms with Crippen LogP contribution in [0.2, 0.25) is 0 Å². The standard InChI is InChI=1S/C26H28N4O4/c1-18-8-2-5-12-21(18)24(26(33)29-19-9-3-4-10-19)30(20-11-6-14-27-16-20)23(31)17-28-25(32)22-13-7-15-34-22/h2,5-8,11-16,19,24H,3-4,9-10,17H2,1H3,(H,28,32)(H,29,33)/t24-/m1/s1. The number of nitrogens with one attached hydrogen (secondary N) is 2. The number of furan rings is 1. The Hall–Kier alpha value is -3.94. The number of benzene rings is 1. The van der Waals surface area contributed by atoms with Crippen LogP contribution in [0.25, 0.3) is 0 Å². The van der Waals surface area contributed by atoms with Crippen molar-refractivity contribution >= 4 is 23.4 Å². The molecular weight excluding hydrogens is 432 g/mol. The van der Waals surface area contributed by atoms with Crippen molar-refractivity contribution in [2.45, 2.75) is 44.7 Å². The Morgan fingerprint density at radius 3 is 2.56 bits per heavy atom. The Balaban J connectivity index is 1.67. The van der Waals surface area contributed by atoms with Crippen molar-refractivity contribution in [3.8, 4) is 0 Å². The highest BCUT2D eigenvalue weighted by Gasteiger charge is 2.35. The maximum atomic E-state index is 13.7. The summed E-state index contributed by atoms with van der Waals surface area (Å²) in [5, 5.41) is 5.73. The van der Waals surface area contributed by atoms with Crippen molar-refractivity contribution in [1.29, 1.82) is 0 Å². The van der Waals surface area contributed by atoms with E-state index in [1.807, 2.05) is 31.2 Å². The molecule has 0 bridgehead atoms. The van der Waals surface area contributed by atoms with E-state index in [2.05, 4.69) is 15.6 Å². The van der Waals surface area contributed by atoms with Gasteiger partial charge in [0.25, 0.3) is 5.91 Å². The smallest absolute Gasteiger partial charge is 0.287 e. The molecule has 0 saturated heterocycles. The van der Waals surface area contributed by atoms with E-state index in [1.54, 1.807) is 30.6 Å². The number of rotatable bonds is 8. The first kappa shape index (κ1) is 23.2. The van der Waals surface area contributed by atoms with E-state index in [1.165, 1.54) is 17.2 Å². The van der Waals surface area contributed by atoms with Crippen LogP contribution in [-0.4, -0.2) is 35.3 Å². The molecule has 0 radical (unpaired) electrons. The lowest BCUT2D eigenvalue weighted by atomic mass is 9.98. The van der Waals surface area contributed by atoms with Gasteiger partial charge in [-0.05, 0) is 55.2 Å². The molecule has 1 saturated carbocycles. The molecule has 4 rings (SSSR count). The van der Waals surface area contributed by atoms with E-state index < -0.39 is 17.9 Å². The summed E-state index contributed by atoms with van der Waals surface area (Å²) in [6.45, 7) is 1.60. The molecule has 2 N–H and O–H groups in total. The molecule has 0 spiro atoms. The van der Waals surface area contributed by atoms with E-state index >= 15 is 0 Å². The van der Waals surface area contributed by atoms with Gasteiger partial charge in [-0.3, -0.25) is 24.3 Å². The Kier molecular flexibility index (Phi) is 7.37. The van der Waals surface area contributed by atoms with Gasteiger partial charge in [-0.2, -0.15) is 0 Å². The second-order valence-corrected chi connectivity index (χ2v) is 8.38. The first-order valence-corrected chi connectivity index (χ1v) is 11.4. The number of anilines is 1. The van der Waals surface area contributed by atoms with Crippen molar-refractivity contribution in [1.82, 2.24) is 15.6 Å². The molecule has 176 valence electrons. The number of carbonyl (C=O) groups is 3. The normalized spacial score (nSPS) is 14.4. The molecule has 1 atom stereocenters. The second-order valence-electron chi connectivity index (χ2n) is 8.38. The first-order chi connectivity index (χ1) is 16.5. The molecule has 8 nitrogen and oxygen atoms in total. The van der Waals surface area contributed by atoms with Gasteiger partial charge in [0.2, 0.25) is 11.8 Å². The first-order valence-electron chi connectivity index (χ1n) is 11.4.